The molecule has 0 saturated heterocycles. The number of nitrogens with one attached hydrogen (secondary N) is 1. The van der Waals surface area contributed by atoms with Crippen LogP contribution in [0.5, 0.6) is 0 Å². The zero-order valence-electron chi connectivity index (χ0n) is 12.7. The lowest BCUT2D eigenvalue weighted by Gasteiger charge is -2.09. The fourth-order valence-corrected chi connectivity index (χ4v) is 2.47. The van der Waals surface area contributed by atoms with E-state index < -0.39 is 16.4 Å². The van der Waals surface area contributed by atoms with Gasteiger partial charge >= 0.3 is 0 Å². The first-order valence-electron chi connectivity index (χ1n) is 7.12. The van der Waals surface area contributed by atoms with E-state index in [-0.39, 0.29) is 11.3 Å². The fourth-order valence-electron chi connectivity index (χ4n) is 2.47. The monoisotopic (exact) mass is 323 g/mol. The summed E-state index contributed by atoms with van der Waals surface area (Å²) in [5, 5.41) is 14.0. The standard InChI is InChI=1S/C17H13N3O4/c1-19-15-8-7-13(20(23)24)9-11(15)10-14(17(19)22)16(21)18-12-5-3-2-4-6-12/h2-10H,1H3,(H,18,21). The number of carbonyl (C=O) groups is 1. The highest BCUT2D eigenvalue weighted by Crippen LogP contribution is 2.20. The maximum absolute atomic E-state index is 12.4. The molecule has 7 heteroatoms. The van der Waals surface area contributed by atoms with Crippen LogP contribution >= 0.6 is 0 Å². The second-order valence-electron chi connectivity index (χ2n) is 5.24. The molecule has 0 bridgehead atoms. The fraction of sp³-hybridized carbons (Fsp3) is 0.0588. The Kier molecular flexibility index (Phi) is 3.83. The minimum Gasteiger partial charge on any atom is -0.322 e. The van der Waals surface area contributed by atoms with Crippen molar-refractivity contribution in [3.8, 4) is 0 Å². The lowest BCUT2D eigenvalue weighted by atomic mass is 10.1. The predicted octanol–water partition coefficient (Wildman–Crippen LogP) is 2.70. The Balaban J connectivity index is 2.10. The highest BCUT2D eigenvalue weighted by molar-refractivity contribution is 6.05. The number of aryl methyl sites for hydroxylation is 1. The molecule has 0 spiro atoms. The number of non-ortho nitro benzene ring substituents is 1. The SMILES string of the molecule is Cn1c(=O)c(C(=O)Nc2ccccc2)cc2cc([N+](=O)[O-])ccc21. The number of aromatic nitrogens is 1. The number of nitro benzene ring substituents is 1. The Morgan fingerprint density at radius 2 is 1.83 bits per heavy atom. The lowest BCUT2D eigenvalue weighted by Crippen LogP contribution is -2.27. The summed E-state index contributed by atoms with van der Waals surface area (Å²) in [5.41, 5.74) is 0.431. The van der Waals surface area contributed by atoms with Gasteiger partial charge < -0.3 is 9.88 Å². The lowest BCUT2D eigenvalue weighted by molar-refractivity contribution is -0.384. The van der Waals surface area contributed by atoms with Gasteiger partial charge in [0.15, 0.2) is 0 Å². The van der Waals surface area contributed by atoms with E-state index in [1.54, 1.807) is 24.3 Å². The molecular formula is C17H13N3O4. The van der Waals surface area contributed by atoms with Crippen molar-refractivity contribution in [2.24, 2.45) is 7.05 Å². The molecule has 7 nitrogen and oxygen atoms in total. The molecule has 0 aliphatic rings. The van der Waals surface area contributed by atoms with Crippen LogP contribution in [0.2, 0.25) is 0 Å². The summed E-state index contributed by atoms with van der Waals surface area (Å²) in [4.78, 5) is 35.2. The summed E-state index contributed by atoms with van der Waals surface area (Å²) < 4.78 is 1.30. The summed E-state index contributed by atoms with van der Waals surface area (Å²) in [6.45, 7) is 0. The van der Waals surface area contributed by atoms with Crippen LogP contribution in [0.25, 0.3) is 10.9 Å². The average Bonchev–Trinajstić information content (AvgIpc) is 2.58. The van der Waals surface area contributed by atoms with Crippen LogP contribution in [0.3, 0.4) is 0 Å². The van der Waals surface area contributed by atoms with Gasteiger partial charge in [-0.05, 0) is 24.3 Å². The summed E-state index contributed by atoms with van der Waals surface area (Å²) in [6.07, 6.45) is 0. The van der Waals surface area contributed by atoms with Gasteiger partial charge in [-0.1, -0.05) is 18.2 Å². The van der Waals surface area contributed by atoms with Gasteiger partial charge in [0.1, 0.15) is 5.56 Å². The van der Waals surface area contributed by atoms with Gasteiger partial charge in [0.05, 0.1) is 10.4 Å². The molecule has 2 aromatic carbocycles. The molecule has 1 amide bonds. The van der Waals surface area contributed by atoms with E-state index in [2.05, 4.69) is 5.32 Å². The highest BCUT2D eigenvalue weighted by atomic mass is 16.6. The Labute approximate surface area is 136 Å². The van der Waals surface area contributed by atoms with Crippen LogP contribution in [-0.4, -0.2) is 15.4 Å². The summed E-state index contributed by atoms with van der Waals surface area (Å²) in [5.74, 6) is -0.560. The van der Waals surface area contributed by atoms with E-state index >= 15 is 0 Å². The van der Waals surface area contributed by atoms with Crippen molar-refractivity contribution in [3.05, 3.63) is 80.6 Å². The van der Waals surface area contributed by atoms with Crippen LogP contribution in [0.15, 0.2) is 59.4 Å². The quantitative estimate of drug-likeness (QED) is 0.592. The third-order valence-corrected chi connectivity index (χ3v) is 3.69. The number of benzene rings is 2. The maximum Gasteiger partial charge on any atom is 0.270 e. The number of hydrogen-bond acceptors (Lipinski definition) is 4. The summed E-state index contributed by atoms with van der Waals surface area (Å²) >= 11 is 0. The van der Waals surface area contributed by atoms with Crippen molar-refractivity contribution >= 4 is 28.2 Å². The first-order valence-corrected chi connectivity index (χ1v) is 7.12. The van der Waals surface area contributed by atoms with Gasteiger partial charge in [0.25, 0.3) is 17.2 Å². The number of carbonyl (C=O) groups excluding carboxylic acids is 1. The second kappa shape index (κ2) is 5.96. The summed E-state index contributed by atoms with van der Waals surface area (Å²) in [7, 11) is 1.52. The Hall–Kier alpha value is -3.48. The molecule has 120 valence electrons. The van der Waals surface area contributed by atoms with Crippen molar-refractivity contribution in [2.45, 2.75) is 0 Å². The van der Waals surface area contributed by atoms with Crippen molar-refractivity contribution in [1.82, 2.24) is 4.57 Å². The number of hydrogen-bond donors (Lipinski definition) is 1. The number of fused-ring (bicyclic) bond motifs is 1. The number of pyridine rings is 1. The number of nitro groups is 1. The van der Waals surface area contributed by atoms with Gasteiger partial charge in [0.2, 0.25) is 0 Å². The summed E-state index contributed by atoms with van der Waals surface area (Å²) in [6, 6.07) is 14.3. The molecule has 0 aliphatic carbocycles. The van der Waals surface area contributed by atoms with Crippen LogP contribution in [0.4, 0.5) is 11.4 Å². The topological polar surface area (TPSA) is 94.2 Å². The van der Waals surface area contributed by atoms with Gasteiger partial charge in [-0.3, -0.25) is 19.7 Å². The highest BCUT2D eigenvalue weighted by Gasteiger charge is 2.16. The normalized spacial score (nSPS) is 10.5. The molecule has 1 N–H and O–H groups in total. The van der Waals surface area contributed by atoms with E-state index in [4.69, 9.17) is 0 Å². The van der Waals surface area contributed by atoms with Crippen LogP contribution in [0, 0.1) is 10.1 Å². The van der Waals surface area contributed by atoms with E-state index in [0.29, 0.717) is 16.6 Å². The Morgan fingerprint density at radius 3 is 2.50 bits per heavy atom. The maximum atomic E-state index is 12.4. The molecule has 0 aliphatic heterocycles. The molecule has 3 aromatic rings. The molecule has 3 rings (SSSR count). The number of amides is 1. The number of rotatable bonds is 3. The van der Waals surface area contributed by atoms with Gasteiger partial charge in [-0.15, -0.1) is 0 Å². The van der Waals surface area contributed by atoms with Crippen molar-refractivity contribution < 1.29 is 9.72 Å². The molecule has 1 heterocycles. The van der Waals surface area contributed by atoms with Crippen molar-refractivity contribution in [3.63, 3.8) is 0 Å². The van der Waals surface area contributed by atoms with Crippen molar-refractivity contribution in [1.29, 1.82) is 0 Å². The zero-order chi connectivity index (χ0) is 17.3. The first-order chi connectivity index (χ1) is 11.5. The van der Waals surface area contributed by atoms with Crippen LogP contribution in [0.1, 0.15) is 10.4 Å². The second-order valence-corrected chi connectivity index (χ2v) is 5.24. The predicted molar refractivity (Wildman–Crippen MR) is 90.2 cm³/mol. The molecule has 0 radical (unpaired) electrons. The molecule has 0 atom stereocenters. The third-order valence-electron chi connectivity index (χ3n) is 3.69. The molecule has 0 unspecified atom stereocenters. The van der Waals surface area contributed by atoms with Gasteiger partial charge in [0, 0.05) is 30.3 Å². The Morgan fingerprint density at radius 1 is 1.12 bits per heavy atom. The molecular weight excluding hydrogens is 310 g/mol. The van der Waals surface area contributed by atoms with E-state index in [9.17, 15) is 19.7 Å². The smallest absolute Gasteiger partial charge is 0.270 e. The molecule has 0 fully saturated rings. The van der Waals surface area contributed by atoms with Gasteiger partial charge in [-0.25, -0.2) is 0 Å². The van der Waals surface area contributed by atoms with E-state index in [0.717, 1.165) is 0 Å². The Bertz CT molecular complexity index is 1010. The van der Waals surface area contributed by atoms with Crippen molar-refractivity contribution in [2.75, 3.05) is 5.32 Å². The third kappa shape index (κ3) is 2.74. The van der Waals surface area contributed by atoms with Crippen LogP contribution in [-0.2, 0) is 7.05 Å². The number of nitrogens with zero attached hydrogens (tertiary/aromatic N) is 2. The number of para-hydroxylation sites is 1. The molecule has 1 aromatic heterocycles. The average molecular weight is 323 g/mol. The first kappa shape index (κ1) is 15.4. The molecule has 0 saturated carbocycles. The number of anilines is 1. The van der Waals surface area contributed by atoms with E-state index in [1.165, 1.54) is 35.9 Å². The van der Waals surface area contributed by atoms with Crippen LogP contribution < -0.4 is 10.9 Å². The largest absolute Gasteiger partial charge is 0.322 e. The zero-order valence-corrected chi connectivity index (χ0v) is 12.7. The minimum absolute atomic E-state index is 0.0747. The minimum atomic E-state index is -0.560. The van der Waals surface area contributed by atoms with Gasteiger partial charge in [-0.2, -0.15) is 0 Å². The van der Waals surface area contributed by atoms with E-state index in [1.807, 2.05) is 6.07 Å². The molecule has 24 heavy (non-hydrogen) atoms.